The van der Waals surface area contributed by atoms with E-state index in [1.165, 1.54) is 75.3 Å². The molecule has 0 unspecified atom stereocenters. The molecule has 2 aromatic heterocycles. The van der Waals surface area contributed by atoms with E-state index < -0.39 is 0 Å². The fraction of sp³-hybridized carbons (Fsp3) is 0.583. The van der Waals surface area contributed by atoms with Crippen molar-refractivity contribution in [2.24, 2.45) is 10.8 Å². The van der Waals surface area contributed by atoms with Crippen LogP contribution in [-0.4, -0.2) is 9.97 Å². The quantitative estimate of drug-likeness (QED) is 0.625. The van der Waals surface area contributed by atoms with Crippen molar-refractivity contribution in [3.8, 4) is 11.4 Å². The van der Waals surface area contributed by atoms with Gasteiger partial charge in [-0.25, -0.2) is 0 Å². The molecular weight excluding hydrogens is 316 g/mol. The predicted molar refractivity (Wildman–Crippen MR) is 108 cm³/mol. The molecule has 0 bridgehead atoms. The predicted octanol–water partition coefficient (Wildman–Crippen LogP) is 6.39. The summed E-state index contributed by atoms with van der Waals surface area (Å²) in [6, 6.07) is 8.92. The second-order valence-corrected chi connectivity index (χ2v) is 9.49. The Bertz CT molecular complexity index is 687. The third-order valence-corrected chi connectivity index (χ3v) is 6.79. The average Bonchev–Trinajstić information content (AvgIpc) is 3.24. The molecule has 0 spiro atoms. The lowest BCUT2D eigenvalue weighted by Gasteiger charge is -2.24. The zero-order chi connectivity index (χ0) is 18.0. The summed E-state index contributed by atoms with van der Waals surface area (Å²) in [6.07, 6.45) is 17.2. The summed E-state index contributed by atoms with van der Waals surface area (Å²) in [5.41, 5.74) is 5.84. The van der Waals surface area contributed by atoms with Crippen LogP contribution in [0.15, 0.2) is 36.7 Å². The van der Waals surface area contributed by atoms with Crippen LogP contribution in [0.25, 0.3) is 11.4 Å². The summed E-state index contributed by atoms with van der Waals surface area (Å²) >= 11 is 0. The van der Waals surface area contributed by atoms with Crippen LogP contribution in [0.5, 0.6) is 0 Å². The molecule has 2 aliphatic rings. The van der Waals surface area contributed by atoms with Gasteiger partial charge in [0.15, 0.2) is 0 Å². The van der Waals surface area contributed by atoms with Crippen molar-refractivity contribution in [2.75, 3.05) is 0 Å². The summed E-state index contributed by atoms with van der Waals surface area (Å²) < 4.78 is 0. The number of pyridine rings is 2. The number of aromatic nitrogens is 2. The topological polar surface area (TPSA) is 25.8 Å². The highest BCUT2D eigenvalue weighted by molar-refractivity contribution is 5.55. The third kappa shape index (κ3) is 4.00. The largest absolute Gasteiger partial charge is 0.255 e. The molecule has 26 heavy (non-hydrogen) atoms. The normalized spacial score (nSPS) is 21.2. The Kier molecular flexibility index (Phi) is 4.86. The zero-order valence-corrected chi connectivity index (χ0v) is 16.4. The molecule has 2 saturated carbocycles. The maximum absolute atomic E-state index is 4.63. The molecule has 2 aliphatic carbocycles. The summed E-state index contributed by atoms with van der Waals surface area (Å²) in [4.78, 5) is 9.27. The van der Waals surface area contributed by atoms with Crippen molar-refractivity contribution in [3.05, 3.63) is 47.8 Å². The summed E-state index contributed by atoms with van der Waals surface area (Å²) in [7, 11) is 0. The monoisotopic (exact) mass is 348 g/mol. The smallest absolute Gasteiger partial charge is 0.0888 e. The van der Waals surface area contributed by atoms with Crippen molar-refractivity contribution in [3.63, 3.8) is 0 Å². The van der Waals surface area contributed by atoms with Gasteiger partial charge in [-0.15, -0.1) is 0 Å². The van der Waals surface area contributed by atoms with E-state index in [4.69, 9.17) is 0 Å². The van der Waals surface area contributed by atoms with Crippen molar-refractivity contribution in [1.82, 2.24) is 9.97 Å². The second-order valence-electron chi connectivity index (χ2n) is 9.49. The van der Waals surface area contributed by atoms with E-state index in [1.807, 2.05) is 12.4 Å². The molecule has 0 atom stereocenters. The highest BCUT2D eigenvalue weighted by Crippen LogP contribution is 2.41. The fourth-order valence-corrected chi connectivity index (χ4v) is 5.24. The molecule has 0 N–H and O–H groups in total. The molecular formula is C24H32N2. The van der Waals surface area contributed by atoms with Gasteiger partial charge in [-0.05, 0) is 84.7 Å². The standard InChI is InChI=1S/C24H32N2/c1-23(9-3-4-10-23)17-19-7-13-25-21(15-19)22-16-20(8-14-26-22)18-24(2)11-5-6-12-24/h7-8,13-16H,3-6,9-12,17-18H2,1-2H3. The molecule has 4 rings (SSSR count). The van der Waals surface area contributed by atoms with Gasteiger partial charge >= 0.3 is 0 Å². The van der Waals surface area contributed by atoms with Gasteiger partial charge in [0, 0.05) is 12.4 Å². The van der Waals surface area contributed by atoms with Gasteiger partial charge in [-0.1, -0.05) is 39.5 Å². The lowest BCUT2D eigenvalue weighted by Crippen LogP contribution is -2.15. The Morgan fingerprint density at radius 1 is 0.692 bits per heavy atom. The maximum atomic E-state index is 4.63. The van der Waals surface area contributed by atoms with Gasteiger partial charge in [0.05, 0.1) is 11.4 Å². The van der Waals surface area contributed by atoms with Gasteiger partial charge in [0.1, 0.15) is 0 Å². The van der Waals surface area contributed by atoms with Gasteiger partial charge < -0.3 is 0 Å². The Labute approximate surface area is 158 Å². The first-order chi connectivity index (χ1) is 12.5. The molecule has 0 aliphatic heterocycles. The zero-order valence-electron chi connectivity index (χ0n) is 16.4. The Balaban J connectivity index is 1.54. The third-order valence-electron chi connectivity index (χ3n) is 6.79. The Morgan fingerprint density at radius 2 is 1.08 bits per heavy atom. The van der Waals surface area contributed by atoms with Crippen molar-refractivity contribution in [1.29, 1.82) is 0 Å². The van der Waals surface area contributed by atoms with Gasteiger partial charge in [-0.2, -0.15) is 0 Å². The van der Waals surface area contributed by atoms with Crippen LogP contribution in [-0.2, 0) is 12.8 Å². The first-order valence-corrected chi connectivity index (χ1v) is 10.4. The van der Waals surface area contributed by atoms with E-state index in [2.05, 4.69) is 48.1 Å². The van der Waals surface area contributed by atoms with Crippen LogP contribution in [0.2, 0.25) is 0 Å². The molecule has 2 aromatic rings. The lowest BCUT2D eigenvalue weighted by atomic mass is 9.82. The lowest BCUT2D eigenvalue weighted by molar-refractivity contribution is 0.334. The Morgan fingerprint density at radius 3 is 1.46 bits per heavy atom. The fourth-order valence-electron chi connectivity index (χ4n) is 5.24. The van der Waals surface area contributed by atoms with Crippen LogP contribution < -0.4 is 0 Å². The minimum absolute atomic E-state index is 0.477. The van der Waals surface area contributed by atoms with E-state index >= 15 is 0 Å². The van der Waals surface area contributed by atoms with Crippen LogP contribution >= 0.6 is 0 Å². The molecule has 0 saturated heterocycles. The van der Waals surface area contributed by atoms with Crippen molar-refractivity contribution >= 4 is 0 Å². The van der Waals surface area contributed by atoms with Gasteiger partial charge in [0.25, 0.3) is 0 Å². The SMILES string of the molecule is CC1(Cc2ccnc(-c3cc(CC4(C)CCCC4)ccn3)c2)CCCC1. The van der Waals surface area contributed by atoms with E-state index in [0.29, 0.717) is 10.8 Å². The van der Waals surface area contributed by atoms with E-state index in [0.717, 1.165) is 11.4 Å². The molecule has 138 valence electrons. The highest BCUT2D eigenvalue weighted by atomic mass is 14.8. The molecule has 2 fully saturated rings. The van der Waals surface area contributed by atoms with Crippen LogP contribution in [0.4, 0.5) is 0 Å². The minimum Gasteiger partial charge on any atom is -0.255 e. The molecule has 2 nitrogen and oxygen atoms in total. The minimum atomic E-state index is 0.477. The number of rotatable bonds is 5. The first kappa shape index (κ1) is 17.7. The Hall–Kier alpha value is -1.70. The molecule has 2 heteroatoms. The van der Waals surface area contributed by atoms with Crippen LogP contribution in [0.3, 0.4) is 0 Å². The highest BCUT2D eigenvalue weighted by Gasteiger charge is 2.29. The second kappa shape index (κ2) is 7.13. The van der Waals surface area contributed by atoms with E-state index in [9.17, 15) is 0 Å². The summed E-state index contributed by atoms with van der Waals surface area (Å²) in [5.74, 6) is 0. The van der Waals surface area contributed by atoms with E-state index in [1.54, 1.807) is 0 Å². The molecule has 0 aromatic carbocycles. The number of hydrogen-bond acceptors (Lipinski definition) is 2. The van der Waals surface area contributed by atoms with Gasteiger partial charge in [-0.3, -0.25) is 9.97 Å². The molecule has 0 amide bonds. The van der Waals surface area contributed by atoms with Gasteiger partial charge in [0.2, 0.25) is 0 Å². The molecule has 0 radical (unpaired) electrons. The number of hydrogen-bond donors (Lipinski definition) is 0. The average molecular weight is 349 g/mol. The van der Waals surface area contributed by atoms with Crippen molar-refractivity contribution in [2.45, 2.75) is 78.1 Å². The summed E-state index contributed by atoms with van der Waals surface area (Å²) in [6.45, 7) is 4.89. The first-order valence-electron chi connectivity index (χ1n) is 10.4. The number of nitrogens with zero attached hydrogens (tertiary/aromatic N) is 2. The van der Waals surface area contributed by atoms with Crippen LogP contribution in [0.1, 0.15) is 76.3 Å². The summed E-state index contributed by atoms with van der Waals surface area (Å²) in [5, 5.41) is 0. The van der Waals surface area contributed by atoms with Crippen molar-refractivity contribution < 1.29 is 0 Å². The molecule has 2 heterocycles. The maximum Gasteiger partial charge on any atom is 0.0888 e. The van der Waals surface area contributed by atoms with E-state index in [-0.39, 0.29) is 0 Å². The van der Waals surface area contributed by atoms with Crippen LogP contribution in [0, 0.1) is 10.8 Å².